The summed E-state index contributed by atoms with van der Waals surface area (Å²) in [6.07, 6.45) is 2.35. The quantitative estimate of drug-likeness (QED) is 0.189. The van der Waals surface area contributed by atoms with E-state index < -0.39 is 52.4 Å². The number of likely N-dealkylation sites (tertiary alicyclic amines) is 1. The Bertz CT molecular complexity index is 2090. The van der Waals surface area contributed by atoms with Gasteiger partial charge in [0, 0.05) is 21.0 Å². The summed E-state index contributed by atoms with van der Waals surface area (Å²) >= 11 is 19.9. The molecule has 7 rings (SSSR count). The van der Waals surface area contributed by atoms with Crippen LogP contribution in [0.3, 0.4) is 0 Å². The third-order valence-corrected chi connectivity index (χ3v) is 13.7. The van der Waals surface area contributed by atoms with Crippen molar-refractivity contribution in [3.8, 4) is 17.2 Å². The second-order valence-electron chi connectivity index (χ2n) is 14.5. The number of hydrazine groups is 1. The molecule has 2 N–H and O–H groups in total. The number of allylic oxidation sites excluding steroid dienone is 2. The number of aromatic hydroxyl groups is 1. The van der Waals surface area contributed by atoms with Gasteiger partial charge < -0.3 is 14.6 Å². The number of methoxy groups -OCH3 is 2. The lowest BCUT2D eigenvalue weighted by Crippen LogP contribution is -2.53. The largest absolute Gasteiger partial charge is 0.503 e. The number of amides is 4. The van der Waals surface area contributed by atoms with Crippen molar-refractivity contribution < 1.29 is 33.8 Å². The Labute approximate surface area is 327 Å². The minimum atomic E-state index is -1.59. The fourth-order valence-corrected chi connectivity index (χ4v) is 10.2. The molecule has 2 saturated heterocycles. The summed E-state index contributed by atoms with van der Waals surface area (Å²) in [4.78, 5) is 60.1. The number of nitrogens with one attached hydrogen (secondary N) is 1. The van der Waals surface area contributed by atoms with Crippen LogP contribution in [-0.2, 0) is 24.6 Å². The van der Waals surface area contributed by atoms with Gasteiger partial charge in [-0.1, -0.05) is 47.0 Å². The van der Waals surface area contributed by atoms with Gasteiger partial charge in [-0.15, -0.1) is 0 Å². The van der Waals surface area contributed by atoms with Crippen LogP contribution in [0.1, 0.15) is 50.7 Å². The van der Waals surface area contributed by atoms with Crippen LogP contribution in [-0.4, -0.2) is 58.4 Å². The Morgan fingerprint density at radius 1 is 0.904 bits per heavy atom. The van der Waals surface area contributed by atoms with Crippen molar-refractivity contribution >= 4 is 84.4 Å². The SMILES string of the molecule is COc1ccc(C23C(=O)N(Nc4ccc(Cl)cc4Cl)C(=O)C2CC2C(=CCC4C(=O)N(C(C)(C)C)C(=O)C42)C3c2cc(OC)c(O)c(Br)c2Br)cc1. The summed E-state index contributed by atoms with van der Waals surface area (Å²) in [7, 11) is 2.96. The number of anilines is 1. The van der Waals surface area contributed by atoms with Gasteiger partial charge in [0.1, 0.15) is 5.75 Å². The van der Waals surface area contributed by atoms with Crippen LogP contribution < -0.4 is 14.9 Å². The number of rotatable bonds is 6. The highest BCUT2D eigenvalue weighted by Crippen LogP contribution is 2.66. The molecule has 4 aliphatic rings. The Kier molecular flexibility index (Phi) is 9.24. The van der Waals surface area contributed by atoms with E-state index in [-0.39, 0.29) is 51.3 Å². The standard InChI is InChI=1S/C38H35Br2Cl2N3O7/c1-37(2,3)44-33(47)21-12-11-20-22(28(21)35(44)49)15-24-34(48)45(43-26-13-8-18(41)14-25(26)42)36(50)38(24,17-6-9-19(51-4)10-7-17)29(20)23-16-27(52-5)32(46)31(40)30(23)39/h6-11,13-14,16,21-22,24,28-29,43,46H,12,15H2,1-5H3. The monoisotopic (exact) mass is 873 g/mol. The first-order chi connectivity index (χ1) is 24.6. The molecule has 2 aliphatic heterocycles. The summed E-state index contributed by atoms with van der Waals surface area (Å²) in [5, 5.41) is 12.6. The van der Waals surface area contributed by atoms with Crippen molar-refractivity contribution in [2.45, 2.75) is 50.5 Å². The Morgan fingerprint density at radius 2 is 1.60 bits per heavy atom. The summed E-state index contributed by atoms with van der Waals surface area (Å²) in [5.74, 6) is -4.95. The number of carbonyl (C=O) groups is 4. The van der Waals surface area contributed by atoms with E-state index in [1.54, 1.807) is 42.5 Å². The molecular formula is C38H35Br2Cl2N3O7. The number of hydrogen-bond acceptors (Lipinski definition) is 8. The molecular weight excluding hydrogens is 841 g/mol. The van der Waals surface area contributed by atoms with E-state index in [1.807, 2.05) is 26.8 Å². The first kappa shape index (κ1) is 36.8. The number of imide groups is 2. The normalized spacial score (nSPS) is 26.9. The third kappa shape index (κ3) is 5.30. The van der Waals surface area contributed by atoms with E-state index in [1.165, 1.54) is 25.2 Å². The average molecular weight is 876 g/mol. The smallest absolute Gasteiger partial charge is 0.260 e. The van der Waals surface area contributed by atoms with Crippen LogP contribution in [0.5, 0.6) is 17.2 Å². The van der Waals surface area contributed by atoms with Crippen molar-refractivity contribution in [2.24, 2.45) is 23.7 Å². The summed E-state index contributed by atoms with van der Waals surface area (Å²) < 4.78 is 11.8. The molecule has 14 heteroatoms. The van der Waals surface area contributed by atoms with Crippen LogP contribution in [0, 0.1) is 23.7 Å². The Hall–Kier alpha value is -3.58. The first-order valence-corrected chi connectivity index (χ1v) is 19.0. The predicted molar refractivity (Wildman–Crippen MR) is 202 cm³/mol. The summed E-state index contributed by atoms with van der Waals surface area (Å²) in [6, 6.07) is 13.4. The van der Waals surface area contributed by atoms with Crippen LogP contribution in [0.15, 0.2) is 69.1 Å². The predicted octanol–water partition coefficient (Wildman–Crippen LogP) is 8.02. The molecule has 272 valence electrons. The number of nitrogens with zero attached hydrogens (tertiary/aromatic N) is 2. The Balaban J connectivity index is 1.52. The second-order valence-corrected chi connectivity index (χ2v) is 17.0. The number of carbonyl (C=O) groups excluding carboxylic acids is 4. The van der Waals surface area contributed by atoms with E-state index in [4.69, 9.17) is 32.7 Å². The maximum atomic E-state index is 15.5. The van der Waals surface area contributed by atoms with Gasteiger partial charge in [-0.3, -0.25) is 29.5 Å². The molecule has 6 unspecified atom stereocenters. The maximum Gasteiger partial charge on any atom is 0.260 e. The molecule has 2 aliphatic carbocycles. The lowest BCUT2D eigenvalue weighted by Gasteiger charge is -2.51. The lowest BCUT2D eigenvalue weighted by molar-refractivity contribution is -0.146. The molecule has 3 fully saturated rings. The van der Waals surface area contributed by atoms with Crippen molar-refractivity contribution in [1.29, 1.82) is 0 Å². The van der Waals surface area contributed by atoms with Gasteiger partial charge in [0.2, 0.25) is 11.8 Å². The average Bonchev–Trinajstić information content (AvgIpc) is 3.49. The molecule has 6 atom stereocenters. The highest BCUT2D eigenvalue weighted by Gasteiger charge is 2.71. The number of fused-ring (bicyclic) bond motifs is 4. The van der Waals surface area contributed by atoms with Gasteiger partial charge in [-0.05, 0) is 119 Å². The van der Waals surface area contributed by atoms with Gasteiger partial charge in [0.05, 0.1) is 52.6 Å². The second kappa shape index (κ2) is 13.1. The molecule has 0 bridgehead atoms. The van der Waals surface area contributed by atoms with Gasteiger partial charge in [-0.25, -0.2) is 0 Å². The van der Waals surface area contributed by atoms with Crippen LogP contribution in [0.2, 0.25) is 10.0 Å². The molecule has 0 radical (unpaired) electrons. The lowest BCUT2D eigenvalue weighted by atomic mass is 9.49. The molecule has 52 heavy (non-hydrogen) atoms. The zero-order valence-electron chi connectivity index (χ0n) is 28.8. The molecule has 0 spiro atoms. The maximum absolute atomic E-state index is 15.5. The van der Waals surface area contributed by atoms with Crippen molar-refractivity contribution in [3.63, 3.8) is 0 Å². The van der Waals surface area contributed by atoms with Crippen molar-refractivity contribution in [1.82, 2.24) is 9.91 Å². The van der Waals surface area contributed by atoms with Gasteiger partial charge >= 0.3 is 0 Å². The van der Waals surface area contributed by atoms with Crippen LogP contribution in [0.4, 0.5) is 5.69 Å². The number of phenols is 1. The van der Waals surface area contributed by atoms with E-state index in [2.05, 4.69) is 37.3 Å². The van der Waals surface area contributed by atoms with Crippen LogP contribution in [0.25, 0.3) is 0 Å². The van der Waals surface area contributed by atoms with Gasteiger partial charge in [0.25, 0.3) is 11.8 Å². The Morgan fingerprint density at radius 3 is 2.21 bits per heavy atom. The molecule has 1 saturated carbocycles. The highest BCUT2D eigenvalue weighted by atomic mass is 79.9. The van der Waals surface area contributed by atoms with Crippen LogP contribution >= 0.6 is 55.1 Å². The van der Waals surface area contributed by atoms with E-state index >= 15 is 4.79 Å². The van der Waals surface area contributed by atoms with Gasteiger partial charge in [-0.2, -0.15) is 5.01 Å². The van der Waals surface area contributed by atoms with Crippen molar-refractivity contribution in [2.75, 3.05) is 19.6 Å². The number of ether oxygens (including phenoxy) is 2. The number of phenolic OH excluding ortho intramolecular Hbond substituents is 1. The van der Waals surface area contributed by atoms with Gasteiger partial charge in [0.15, 0.2) is 11.5 Å². The first-order valence-electron chi connectivity index (χ1n) is 16.6. The minimum absolute atomic E-state index is 0.109. The summed E-state index contributed by atoms with van der Waals surface area (Å²) in [5.41, 5.74) is 2.75. The van der Waals surface area contributed by atoms with Crippen molar-refractivity contribution in [3.05, 3.63) is 90.3 Å². The molecule has 3 aromatic rings. The van der Waals surface area contributed by atoms with E-state index in [9.17, 15) is 19.5 Å². The molecule has 0 aromatic heterocycles. The zero-order chi connectivity index (χ0) is 37.6. The fraction of sp³-hybridized carbons (Fsp3) is 0.368. The minimum Gasteiger partial charge on any atom is -0.503 e. The third-order valence-electron chi connectivity index (χ3n) is 11.0. The van der Waals surface area contributed by atoms with E-state index in [0.717, 1.165) is 10.6 Å². The number of hydrogen-bond donors (Lipinski definition) is 2. The van der Waals surface area contributed by atoms with E-state index in [0.29, 0.717) is 26.4 Å². The molecule has 10 nitrogen and oxygen atoms in total. The number of halogens is 4. The number of benzene rings is 3. The fourth-order valence-electron chi connectivity index (χ4n) is 8.83. The highest BCUT2D eigenvalue weighted by molar-refractivity contribution is 9.13. The molecule has 3 aromatic carbocycles. The summed E-state index contributed by atoms with van der Waals surface area (Å²) in [6.45, 7) is 5.48. The molecule has 4 amide bonds. The zero-order valence-corrected chi connectivity index (χ0v) is 33.5. The topological polar surface area (TPSA) is 125 Å². The molecule has 2 heterocycles.